The van der Waals surface area contributed by atoms with E-state index in [2.05, 4.69) is 39.2 Å². The Morgan fingerprint density at radius 3 is 3.00 bits per heavy atom. The lowest BCUT2D eigenvalue weighted by Crippen LogP contribution is -2.17. The summed E-state index contributed by atoms with van der Waals surface area (Å²) in [6.45, 7) is 4.78. The maximum Gasteiger partial charge on any atom is 0.175 e. The van der Waals surface area contributed by atoms with Crippen LogP contribution in [0.3, 0.4) is 0 Å². The monoisotopic (exact) mass is 309 g/mol. The molecule has 0 aromatic heterocycles. The lowest BCUT2D eigenvalue weighted by molar-refractivity contribution is 0.170. The predicted molar refractivity (Wildman–Crippen MR) is 74.9 cm³/mol. The first-order valence-corrected chi connectivity index (χ1v) is 6.79. The zero-order valence-corrected chi connectivity index (χ0v) is 12.0. The van der Waals surface area contributed by atoms with Crippen LogP contribution < -0.4 is 14.8 Å². The standard InChI is InChI=1S/C14H16BrNO2/c1-2-3-4-5-16-10-11-8-12(15)14-13(9-11)17-6-7-18-14/h8-9,16H,4-7,10H2,1H3. The summed E-state index contributed by atoms with van der Waals surface area (Å²) in [5, 5.41) is 3.35. The van der Waals surface area contributed by atoms with Crippen LogP contribution >= 0.6 is 15.9 Å². The number of benzene rings is 1. The molecule has 4 heteroatoms. The molecule has 96 valence electrons. The van der Waals surface area contributed by atoms with E-state index >= 15 is 0 Å². The van der Waals surface area contributed by atoms with E-state index in [1.54, 1.807) is 0 Å². The van der Waals surface area contributed by atoms with E-state index in [-0.39, 0.29) is 0 Å². The second-order valence-electron chi connectivity index (χ2n) is 3.96. The first kappa shape index (κ1) is 13.3. The van der Waals surface area contributed by atoms with Crippen molar-refractivity contribution in [3.05, 3.63) is 22.2 Å². The highest BCUT2D eigenvalue weighted by atomic mass is 79.9. The molecule has 0 bridgehead atoms. The number of ether oxygens (including phenoxy) is 2. The van der Waals surface area contributed by atoms with Gasteiger partial charge in [0.25, 0.3) is 0 Å². The third-order valence-electron chi connectivity index (χ3n) is 2.59. The molecule has 3 nitrogen and oxygen atoms in total. The molecule has 1 aromatic rings. The quantitative estimate of drug-likeness (QED) is 0.685. The van der Waals surface area contributed by atoms with Crippen LogP contribution in [0.15, 0.2) is 16.6 Å². The average molecular weight is 310 g/mol. The Bertz CT molecular complexity index is 477. The van der Waals surface area contributed by atoms with E-state index in [0.717, 1.165) is 35.5 Å². The molecule has 0 unspecified atom stereocenters. The van der Waals surface area contributed by atoms with E-state index in [1.807, 2.05) is 13.0 Å². The fourth-order valence-electron chi connectivity index (χ4n) is 1.77. The minimum atomic E-state index is 0.610. The Morgan fingerprint density at radius 2 is 2.17 bits per heavy atom. The third-order valence-corrected chi connectivity index (χ3v) is 3.18. The summed E-state index contributed by atoms with van der Waals surface area (Å²) in [4.78, 5) is 0. The van der Waals surface area contributed by atoms with E-state index in [0.29, 0.717) is 13.2 Å². The molecule has 0 saturated heterocycles. The van der Waals surface area contributed by atoms with Gasteiger partial charge in [0, 0.05) is 19.5 Å². The van der Waals surface area contributed by atoms with Gasteiger partial charge in [-0.2, -0.15) is 0 Å². The Labute approximate surface area is 116 Å². The summed E-state index contributed by atoms with van der Waals surface area (Å²) in [5.41, 5.74) is 1.18. The van der Waals surface area contributed by atoms with Crippen LogP contribution in [0.25, 0.3) is 0 Å². The van der Waals surface area contributed by atoms with E-state index < -0.39 is 0 Å². The maximum atomic E-state index is 5.58. The molecular formula is C14H16BrNO2. The van der Waals surface area contributed by atoms with Crippen molar-refractivity contribution in [1.29, 1.82) is 0 Å². The molecule has 1 aliphatic heterocycles. The number of hydrogen-bond acceptors (Lipinski definition) is 3. The van der Waals surface area contributed by atoms with Crippen LogP contribution in [-0.4, -0.2) is 19.8 Å². The Kier molecular flexibility index (Phi) is 4.91. The molecule has 0 fully saturated rings. The Morgan fingerprint density at radius 1 is 1.33 bits per heavy atom. The molecule has 18 heavy (non-hydrogen) atoms. The van der Waals surface area contributed by atoms with Crippen molar-refractivity contribution in [2.45, 2.75) is 19.9 Å². The summed E-state index contributed by atoms with van der Waals surface area (Å²) in [6.07, 6.45) is 0.877. The van der Waals surface area contributed by atoms with Gasteiger partial charge >= 0.3 is 0 Å². The topological polar surface area (TPSA) is 30.5 Å². The maximum absolute atomic E-state index is 5.58. The molecular weight excluding hydrogens is 294 g/mol. The SMILES string of the molecule is CC#CCCNCc1cc(Br)c2c(c1)OCCO2. The largest absolute Gasteiger partial charge is 0.486 e. The fraction of sp³-hybridized carbons (Fsp3) is 0.429. The third kappa shape index (κ3) is 3.41. The van der Waals surface area contributed by atoms with Crippen molar-refractivity contribution in [1.82, 2.24) is 5.32 Å². The summed E-state index contributed by atoms with van der Waals surface area (Å²) in [6, 6.07) is 4.09. The van der Waals surface area contributed by atoms with E-state index in [4.69, 9.17) is 9.47 Å². The highest BCUT2D eigenvalue weighted by Gasteiger charge is 2.15. The van der Waals surface area contributed by atoms with Gasteiger partial charge in [-0.15, -0.1) is 11.8 Å². The minimum Gasteiger partial charge on any atom is -0.486 e. The zero-order valence-electron chi connectivity index (χ0n) is 10.4. The average Bonchev–Trinajstić information content (AvgIpc) is 2.39. The molecule has 2 rings (SSSR count). The van der Waals surface area contributed by atoms with Gasteiger partial charge in [0.1, 0.15) is 13.2 Å². The van der Waals surface area contributed by atoms with Crippen molar-refractivity contribution in [2.75, 3.05) is 19.8 Å². The van der Waals surface area contributed by atoms with Crippen molar-refractivity contribution in [2.24, 2.45) is 0 Å². The van der Waals surface area contributed by atoms with Crippen LogP contribution in [0.1, 0.15) is 18.9 Å². The van der Waals surface area contributed by atoms with Gasteiger partial charge in [-0.1, -0.05) is 0 Å². The van der Waals surface area contributed by atoms with E-state index in [9.17, 15) is 0 Å². The number of rotatable bonds is 4. The summed E-state index contributed by atoms with van der Waals surface area (Å²) >= 11 is 3.51. The van der Waals surface area contributed by atoms with Gasteiger partial charge < -0.3 is 14.8 Å². The lowest BCUT2D eigenvalue weighted by Gasteiger charge is -2.20. The van der Waals surface area contributed by atoms with Crippen molar-refractivity contribution < 1.29 is 9.47 Å². The molecule has 0 atom stereocenters. The molecule has 1 aliphatic rings. The van der Waals surface area contributed by atoms with Gasteiger partial charge in [-0.25, -0.2) is 0 Å². The van der Waals surface area contributed by atoms with Crippen LogP contribution in [0.4, 0.5) is 0 Å². The lowest BCUT2D eigenvalue weighted by atomic mass is 10.2. The Balaban J connectivity index is 1.96. The van der Waals surface area contributed by atoms with E-state index in [1.165, 1.54) is 5.56 Å². The molecule has 0 amide bonds. The molecule has 0 radical (unpaired) electrons. The molecule has 1 aromatic carbocycles. The van der Waals surface area contributed by atoms with Crippen molar-refractivity contribution in [3.8, 4) is 23.3 Å². The predicted octanol–water partition coefficient (Wildman–Crippen LogP) is 2.72. The highest BCUT2D eigenvalue weighted by molar-refractivity contribution is 9.10. The molecule has 1 heterocycles. The van der Waals surface area contributed by atoms with Crippen LogP contribution in [-0.2, 0) is 6.54 Å². The van der Waals surface area contributed by atoms with Crippen LogP contribution in [0, 0.1) is 11.8 Å². The first-order valence-electron chi connectivity index (χ1n) is 5.99. The minimum absolute atomic E-state index is 0.610. The number of halogens is 1. The van der Waals surface area contributed by atoms with Gasteiger partial charge in [-0.3, -0.25) is 0 Å². The molecule has 0 spiro atoms. The highest BCUT2D eigenvalue weighted by Crippen LogP contribution is 2.38. The fourth-order valence-corrected chi connectivity index (χ4v) is 2.38. The smallest absolute Gasteiger partial charge is 0.175 e. The van der Waals surface area contributed by atoms with Crippen molar-refractivity contribution in [3.63, 3.8) is 0 Å². The second kappa shape index (κ2) is 6.67. The van der Waals surface area contributed by atoms with Crippen LogP contribution in [0.2, 0.25) is 0 Å². The molecule has 1 N–H and O–H groups in total. The molecule has 0 aliphatic carbocycles. The number of nitrogens with one attached hydrogen (secondary N) is 1. The second-order valence-corrected chi connectivity index (χ2v) is 4.81. The van der Waals surface area contributed by atoms with Gasteiger partial charge in [0.05, 0.1) is 4.47 Å². The van der Waals surface area contributed by atoms with Crippen molar-refractivity contribution >= 4 is 15.9 Å². The zero-order chi connectivity index (χ0) is 12.8. The summed E-state index contributed by atoms with van der Waals surface area (Å²) in [5.74, 6) is 7.54. The van der Waals surface area contributed by atoms with Crippen LogP contribution in [0.5, 0.6) is 11.5 Å². The van der Waals surface area contributed by atoms with Gasteiger partial charge in [0.2, 0.25) is 0 Å². The Hall–Kier alpha value is -1.18. The molecule has 0 saturated carbocycles. The number of hydrogen-bond donors (Lipinski definition) is 1. The van der Waals surface area contributed by atoms with Gasteiger partial charge in [-0.05, 0) is 40.5 Å². The summed E-state index contributed by atoms with van der Waals surface area (Å²) < 4.78 is 12.1. The first-order chi connectivity index (χ1) is 8.81. The normalized spacial score (nSPS) is 12.8. The number of fused-ring (bicyclic) bond motifs is 1. The summed E-state index contributed by atoms with van der Waals surface area (Å²) in [7, 11) is 0. The van der Waals surface area contributed by atoms with Gasteiger partial charge in [0.15, 0.2) is 11.5 Å².